The van der Waals surface area contributed by atoms with E-state index in [1.165, 1.54) is 11.1 Å². The van der Waals surface area contributed by atoms with Crippen LogP contribution < -0.4 is 10.2 Å². The maximum Gasteiger partial charge on any atom is 0.223 e. The molecule has 166 valence electrons. The van der Waals surface area contributed by atoms with Gasteiger partial charge < -0.3 is 10.2 Å². The lowest BCUT2D eigenvalue weighted by Crippen LogP contribution is -2.40. The molecule has 0 spiro atoms. The van der Waals surface area contributed by atoms with Crippen molar-refractivity contribution in [2.24, 2.45) is 5.92 Å². The van der Waals surface area contributed by atoms with E-state index in [-0.39, 0.29) is 11.8 Å². The molecule has 2 heterocycles. The highest BCUT2D eigenvalue weighted by Crippen LogP contribution is 2.24. The van der Waals surface area contributed by atoms with Gasteiger partial charge in [0.25, 0.3) is 0 Å². The lowest BCUT2D eigenvalue weighted by molar-refractivity contribution is -0.125. The van der Waals surface area contributed by atoms with Crippen molar-refractivity contribution in [1.29, 1.82) is 0 Å². The Morgan fingerprint density at radius 1 is 1.03 bits per heavy atom. The third kappa shape index (κ3) is 5.34. The van der Waals surface area contributed by atoms with E-state index in [0.717, 1.165) is 48.7 Å². The predicted octanol–water partition coefficient (Wildman–Crippen LogP) is 5.11. The summed E-state index contributed by atoms with van der Waals surface area (Å²) in [7, 11) is 0. The highest BCUT2D eigenvalue weighted by molar-refractivity contribution is 5.79. The van der Waals surface area contributed by atoms with Gasteiger partial charge in [-0.05, 0) is 42.9 Å². The molecule has 0 bridgehead atoms. The SMILES string of the molecule is Cc1ccc(-c2nccc(N3CCC(C(=O)NCc4ccc(C(C)C)cc4)CC3)n2)cc1. The zero-order valence-electron chi connectivity index (χ0n) is 19.2. The number of amides is 1. The van der Waals surface area contributed by atoms with Gasteiger partial charge in [0.05, 0.1) is 0 Å². The second-order valence-electron chi connectivity index (χ2n) is 8.98. The number of anilines is 1. The van der Waals surface area contributed by atoms with Crippen LogP contribution in [-0.4, -0.2) is 29.0 Å². The second-order valence-corrected chi connectivity index (χ2v) is 8.98. The van der Waals surface area contributed by atoms with Crippen molar-refractivity contribution in [3.05, 3.63) is 77.5 Å². The van der Waals surface area contributed by atoms with E-state index in [1.54, 1.807) is 0 Å². The zero-order chi connectivity index (χ0) is 22.5. The molecule has 5 nitrogen and oxygen atoms in total. The van der Waals surface area contributed by atoms with Crippen molar-refractivity contribution in [3.63, 3.8) is 0 Å². The largest absolute Gasteiger partial charge is 0.356 e. The molecule has 1 aliphatic heterocycles. The molecule has 5 heteroatoms. The summed E-state index contributed by atoms with van der Waals surface area (Å²) < 4.78 is 0. The third-order valence-corrected chi connectivity index (χ3v) is 6.25. The minimum Gasteiger partial charge on any atom is -0.356 e. The van der Waals surface area contributed by atoms with E-state index >= 15 is 0 Å². The summed E-state index contributed by atoms with van der Waals surface area (Å²) in [6.45, 7) is 8.69. The van der Waals surface area contributed by atoms with Gasteiger partial charge >= 0.3 is 0 Å². The molecular formula is C27H32N4O. The molecule has 0 unspecified atom stereocenters. The minimum absolute atomic E-state index is 0.0552. The van der Waals surface area contributed by atoms with Gasteiger partial charge in [-0.25, -0.2) is 9.97 Å². The summed E-state index contributed by atoms with van der Waals surface area (Å²) in [5, 5.41) is 3.12. The van der Waals surface area contributed by atoms with E-state index in [0.29, 0.717) is 12.5 Å². The molecule has 1 aliphatic rings. The summed E-state index contributed by atoms with van der Waals surface area (Å²) in [5.74, 6) is 2.40. The van der Waals surface area contributed by atoms with Crippen molar-refractivity contribution in [2.45, 2.75) is 46.1 Å². The fourth-order valence-electron chi connectivity index (χ4n) is 4.09. The van der Waals surface area contributed by atoms with Crippen LogP contribution in [0.3, 0.4) is 0 Å². The average molecular weight is 429 g/mol. The quantitative estimate of drug-likeness (QED) is 0.593. The second kappa shape index (κ2) is 9.94. The van der Waals surface area contributed by atoms with E-state index in [1.807, 2.05) is 12.3 Å². The number of carbonyl (C=O) groups excluding carboxylic acids is 1. The standard InChI is InChI=1S/C27H32N4O/c1-19(2)22-10-6-21(7-11-22)18-29-27(32)24-13-16-31(17-14-24)25-12-15-28-26(30-25)23-8-4-20(3)5-9-23/h4-12,15,19,24H,13-14,16-18H2,1-3H3,(H,29,32). The molecule has 1 aromatic heterocycles. The smallest absolute Gasteiger partial charge is 0.223 e. The highest BCUT2D eigenvalue weighted by atomic mass is 16.1. The molecule has 0 saturated carbocycles. The average Bonchev–Trinajstić information content (AvgIpc) is 2.83. The lowest BCUT2D eigenvalue weighted by atomic mass is 9.95. The number of carbonyl (C=O) groups is 1. The number of nitrogens with zero attached hydrogens (tertiary/aromatic N) is 3. The van der Waals surface area contributed by atoms with Crippen molar-refractivity contribution in [1.82, 2.24) is 15.3 Å². The van der Waals surface area contributed by atoms with Crippen LogP contribution in [0.2, 0.25) is 0 Å². The Labute approximate surface area is 190 Å². The Morgan fingerprint density at radius 3 is 2.38 bits per heavy atom. The summed E-state index contributed by atoms with van der Waals surface area (Å²) in [6.07, 6.45) is 3.49. The molecular weight excluding hydrogens is 396 g/mol. The van der Waals surface area contributed by atoms with Crippen LogP contribution in [0.4, 0.5) is 5.82 Å². The Hall–Kier alpha value is -3.21. The first-order valence-corrected chi connectivity index (χ1v) is 11.5. The van der Waals surface area contributed by atoms with Crippen LogP contribution in [0, 0.1) is 12.8 Å². The van der Waals surface area contributed by atoms with Gasteiger partial charge in [-0.3, -0.25) is 4.79 Å². The van der Waals surface area contributed by atoms with Gasteiger partial charge in [-0.2, -0.15) is 0 Å². The number of aromatic nitrogens is 2. The first kappa shape index (κ1) is 22.0. The molecule has 0 radical (unpaired) electrons. The summed E-state index contributed by atoms with van der Waals surface area (Å²) >= 11 is 0. The van der Waals surface area contributed by atoms with E-state index in [2.05, 4.69) is 84.5 Å². The van der Waals surface area contributed by atoms with Crippen LogP contribution in [0.15, 0.2) is 60.8 Å². The zero-order valence-corrected chi connectivity index (χ0v) is 19.2. The first-order chi connectivity index (χ1) is 15.5. The number of benzene rings is 2. The maximum atomic E-state index is 12.7. The lowest BCUT2D eigenvalue weighted by Gasteiger charge is -2.32. The molecule has 1 N–H and O–H groups in total. The topological polar surface area (TPSA) is 58.1 Å². The van der Waals surface area contributed by atoms with Gasteiger partial charge in [-0.15, -0.1) is 0 Å². The van der Waals surface area contributed by atoms with Crippen LogP contribution in [0.5, 0.6) is 0 Å². The molecule has 3 aromatic rings. The fraction of sp³-hybridized carbons (Fsp3) is 0.370. The van der Waals surface area contributed by atoms with Crippen LogP contribution in [-0.2, 0) is 11.3 Å². The molecule has 0 aliphatic carbocycles. The fourth-order valence-corrected chi connectivity index (χ4v) is 4.09. The first-order valence-electron chi connectivity index (χ1n) is 11.5. The molecule has 4 rings (SSSR count). The van der Waals surface area contributed by atoms with E-state index in [4.69, 9.17) is 4.98 Å². The van der Waals surface area contributed by atoms with Gasteiger partial charge in [0.1, 0.15) is 5.82 Å². The van der Waals surface area contributed by atoms with Crippen molar-refractivity contribution >= 4 is 11.7 Å². The summed E-state index contributed by atoms with van der Waals surface area (Å²) in [6, 6.07) is 18.7. The summed E-state index contributed by atoms with van der Waals surface area (Å²) in [5.41, 5.74) is 4.71. The van der Waals surface area contributed by atoms with Crippen LogP contribution >= 0.6 is 0 Å². The number of aryl methyl sites for hydroxylation is 1. The molecule has 2 aromatic carbocycles. The summed E-state index contributed by atoms with van der Waals surface area (Å²) in [4.78, 5) is 24.2. The molecule has 1 fully saturated rings. The number of piperidine rings is 1. The van der Waals surface area contributed by atoms with E-state index < -0.39 is 0 Å². The third-order valence-electron chi connectivity index (χ3n) is 6.25. The van der Waals surface area contributed by atoms with Gasteiger partial charge in [0.15, 0.2) is 5.82 Å². The molecule has 1 saturated heterocycles. The van der Waals surface area contributed by atoms with Gasteiger partial charge in [0, 0.05) is 37.3 Å². The Balaban J connectivity index is 1.30. The number of hydrogen-bond donors (Lipinski definition) is 1. The Bertz CT molecular complexity index is 1040. The number of hydrogen-bond acceptors (Lipinski definition) is 4. The van der Waals surface area contributed by atoms with Gasteiger partial charge in [-0.1, -0.05) is 67.9 Å². The van der Waals surface area contributed by atoms with Crippen LogP contribution in [0.1, 0.15) is 49.3 Å². The number of nitrogens with one attached hydrogen (secondary N) is 1. The predicted molar refractivity (Wildman–Crippen MR) is 130 cm³/mol. The maximum absolute atomic E-state index is 12.7. The molecule has 0 atom stereocenters. The highest BCUT2D eigenvalue weighted by Gasteiger charge is 2.25. The van der Waals surface area contributed by atoms with E-state index in [9.17, 15) is 4.79 Å². The number of rotatable bonds is 6. The Kier molecular flexibility index (Phi) is 6.84. The van der Waals surface area contributed by atoms with Crippen molar-refractivity contribution < 1.29 is 4.79 Å². The normalized spacial score (nSPS) is 14.6. The minimum atomic E-state index is 0.0552. The van der Waals surface area contributed by atoms with Crippen molar-refractivity contribution in [2.75, 3.05) is 18.0 Å². The molecule has 1 amide bonds. The Morgan fingerprint density at radius 2 is 1.72 bits per heavy atom. The van der Waals surface area contributed by atoms with Crippen molar-refractivity contribution in [3.8, 4) is 11.4 Å². The van der Waals surface area contributed by atoms with Gasteiger partial charge in [0.2, 0.25) is 5.91 Å². The molecule has 32 heavy (non-hydrogen) atoms. The van der Waals surface area contributed by atoms with Crippen LogP contribution in [0.25, 0.3) is 11.4 Å². The monoisotopic (exact) mass is 428 g/mol.